The maximum Gasteiger partial charge on any atom is 0.193 e. The first-order chi connectivity index (χ1) is 10.7. The van der Waals surface area contributed by atoms with Gasteiger partial charge in [0.25, 0.3) is 0 Å². The second-order valence-electron chi connectivity index (χ2n) is 6.14. The maximum absolute atomic E-state index is 13.7. The summed E-state index contributed by atoms with van der Waals surface area (Å²) in [4.78, 5) is 5.93. The Morgan fingerprint density at radius 2 is 2.09 bits per heavy atom. The zero-order valence-electron chi connectivity index (χ0n) is 13.4. The van der Waals surface area contributed by atoms with Crippen molar-refractivity contribution in [1.29, 1.82) is 0 Å². The highest BCUT2D eigenvalue weighted by molar-refractivity contribution is 7.92. The number of rotatable bonds is 2. The Balaban J connectivity index is 2.08. The van der Waals surface area contributed by atoms with Gasteiger partial charge in [-0.25, -0.2) is 17.2 Å². The van der Waals surface area contributed by atoms with Gasteiger partial charge in [-0.1, -0.05) is 0 Å². The van der Waals surface area contributed by atoms with Crippen molar-refractivity contribution in [2.45, 2.75) is 25.1 Å². The highest BCUT2D eigenvalue weighted by Crippen LogP contribution is 2.23. The number of hydrogen-bond donors (Lipinski definition) is 1. The predicted molar refractivity (Wildman–Crippen MR) is 86.0 cm³/mol. The molecule has 1 saturated heterocycles. The summed E-state index contributed by atoms with van der Waals surface area (Å²) in [7, 11) is -1.58. The van der Waals surface area contributed by atoms with Crippen molar-refractivity contribution in [2.24, 2.45) is 4.99 Å². The van der Waals surface area contributed by atoms with Gasteiger partial charge in [-0.3, -0.25) is 4.99 Å². The van der Waals surface area contributed by atoms with Crippen molar-refractivity contribution in [3.63, 3.8) is 0 Å². The molecule has 1 heterocycles. The molecule has 0 spiro atoms. The molecule has 1 aromatic rings. The fraction of sp³-hybridized carbons (Fsp3) is 0.533. The van der Waals surface area contributed by atoms with E-state index < -0.39 is 26.2 Å². The van der Waals surface area contributed by atoms with Crippen LogP contribution in [-0.2, 0) is 16.4 Å². The van der Waals surface area contributed by atoms with Crippen LogP contribution in [0.2, 0.25) is 0 Å². The SMILES string of the molecule is CN=C(NCc1cc(F)ccc1F)N1CCS(=O)(=O)C(C)(C)C1. The number of benzene rings is 1. The summed E-state index contributed by atoms with van der Waals surface area (Å²) in [6.07, 6.45) is 0. The van der Waals surface area contributed by atoms with Crippen LogP contribution in [-0.4, -0.2) is 49.9 Å². The van der Waals surface area contributed by atoms with Crippen LogP contribution in [0.1, 0.15) is 19.4 Å². The van der Waals surface area contributed by atoms with Gasteiger partial charge in [-0.15, -0.1) is 0 Å². The van der Waals surface area contributed by atoms with E-state index in [0.717, 1.165) is 18.2 Å². The van der Waals surface area contributed by atoms with Gasteiger partial charge in [0.1, 0.15) is 11.6 Å². The van der Waals surface area contributed by atoms with Gasteiger partial charge >= 0.3 is 0 Å². The smallest absolute Gasteiger partial charge is 0.193 e. The van der Waals surface area contributed by atoms with Crippen LogP contribution < -0.4 is 5.32 Å². The number of hydrogen-bond acceptors (Lipinski definition) is 3. The molecule has 128 valence electrons. The van der Waals surface area contributed by atoms with E-state index in [1.165, 1.54) is 0 Å². The third-order valence-corrected chi connectivity index (χ3v) is 6.53. The minimum Gasteiger partial charge on any atom is -0.352 e. The van der Waals surface area contributed by atoms with Crippen LogP contribution in [0, 0.1) is 11.6 Å². The molecule has 0 unspecified atom stereocenters. The Morgan fingerprint density at radius 3 is 2.70 bits per heavy atom. The van der Waals surface area contributed by atoms with E-state index in [4.69, 9.17) is 0 Å². The molecular formula is C15H21F2N3O2S. The van der Waals surface area contributed by atoms with Crippen molar-refractivity contribution in [2.75, 3.05) is 25.9 Å². The Bertz CT molecular complexity index is 717. The van der Waals surface area contributed by atoms with Crippen molar-refractivity contribution < 1.29 is 17.2 Å². The van der Waals surface area contributed by atoms with Gasteiger partial charge in [0.05, 0.1) is 10.5 Å². The molecular weight excluding hydrogens is 324 g/mol. The van der Waals surface area contributed by atoms with Gasteiger partial charge in [0.15, 0.2) is 15.8 Å². The molecule has 0 aromatic heterocycles. The van der Waals surface area contributed by atoms with Crippen LogP contribution in [0.25, 0.3) is 0 Å². The lowest BCUT2D eigenvalue weighted by molar-refractivity contribution is 0.353. The molecule has 0 saturated carbocycles. The van der Waals surface area contributed by atoms with Gasteiger partial charge in [-0.05, 0) is 32.0 Å². The van der Waals surface area contributed by atoms with E-state index >= 15 is 0 Å². The number of nitrogens with one attached hydrogen (secondary N) is 1. The zero-order chi connectivity index (χ0) is 17.3. The summed E-state index contributed by atoms with van der Waals surface area (Å²) in [6, 6.07) is 3.26. The van der Waals surface area contributed by atoms with Crippen LogP contribution in [0.4, 0.5) is 8.78 Å². The fourth-order valence-electron chi connectivity index (χ4n) is 2.51. The van der Waals surface area contributed by atoms with E-state index in [1.807, 2.05) is 4.90 Å². The summed E-state index contributed by atoms with van der Waals surface area (Å²) < 4.78 is 50.0. The monoisotopic (exact) mass is 345 g/mol. The molecule has 1 aliphatic rings. The van der Waals surface area contributed by atoms with Gasteiger partial charge in [0, 0.05) is 32.2 Å². The van der Waals surface area contributed by atoms with Crippen LogP contribution in [0.15, 0.2) is 23.2 Å². The highest BCUT2D eigenvalue weighted by Gasteiger charge is 2.40. The van der Waals surface area contributed by atoms with Gasteiger partial charge < -0.3 is 10.2 Å². The molecule has 1 aliphatic heterocycles. The lowest BCUT2D eigenvalue weighted by Gasteiger charge is -2.39. The third kappa shape index (κ3) is 3.80. The highest BCUT2D eigenvalue weighted by atomic mass is 32.2. The molecule has 0 aliphatic carbocycles. The Labute approximate surface area is 135 Å². The van der Waals surface area contributed by atoms with E-state index in [2.05, 4.69) is 10.3 Å². The average Bonchev–Trinajstić information content (AvgIpc) is 2.46. The van der Waals surface area contributed by atoms with Crippen molar-refractivity contribution >= 4 is 15.8 Å². The number of halogens is 2. The first kappa shape index (κ1) is 17.7. The maximum atomic E-state index is 13.7. The molecule has 1 aromatic carbocycles. The van der Waals surface area contributed by atoms with Crippen LogP contribution in [0.5, 0.6) is 0 Å². The van der Waals surface area contributed by atoms with E-state index in [-0.39, 0.29) is 17.9 Å². The molecule has 5 nitrogen and oxygen atoms in total. The number of sulfone groups is 1. The number of guanidine groups is 1. The average molecular weight is 345 g/mol. The zero-order valence-corrected chi connectivity index (χ0v) is 14.3. The summed E-state index contributed by atoms with van der Waals surface area (Å²) in [5.41, 5.74) is 0.190. The topological polar surface area (TPSA) is 61.8 Å². The summed E-state index contributed by atoms with van der Waals surface area (Å²) in [6.45, 7) is 4.03. The molecule has 2 rings (SSSR count). The molecule has 0 atom stereocenters. The Morgan fingerprint density at radius 1 is 1.39 bits per heavy atom. The standard InChI is InChI=1S/C15H21F2N3O2S/c1-15(2)10-20(6-7-23(15,21)22)14(18-3)19-9-11-8-12(16)4-5-13(11)17/h4-5,8H,6-7,9-10H2,1-3H3,(H,18,19). The predicted octanol–water partition coefficient (Wildman–Crippen LogP) is 1.55. The quantitative estimate of drug-likeness (QED) is 0.653. The van der Waals surface area contributed by atoms with Crippen LogP contribution in [0.3, 0.4) is 0 Å². The normalized spacial score (nSPS) is 20.4. The van der Waals surface area contributed by atoms with Crippen molar-refractivity contribution in [3.8, 4) is 0 Å². The molecule has 1 fully saturated rings. The molecule has 8 heteroatoms. The van der Waals surface area contributed by atoms with E-state index in [9.17, 15) is 17.2 Å². The number of nitrogens with zero attached hydrogens (tertiary/aromatic N) is 2. The van der Waals surface area contributed by atoms with Gasteiger partial charge in [0.2, 0.25) is 0 Å². The lowest BCUT2D eigenvalue weighted by Crippen LogP contribution is -2.57. The summed E-state index contributed by atoms with van der Waals surface area (Å²) in [5.74, 6) is -0.509. The Kier molecular flexibility index (Phi) is 4.93. The first-order valence-electron chi connectivity index (χ1n) is 7.28. The lowest BCUT2D eigenvalue weighted by atomic mass is 10.2. The molecule has 1 N–H and O–H groups in total. The summed E-state index contributed by atoms with van der Waals surface area (Å²) >= 11 is 0. The van der Waals surface area contributed by atoms with Crippen molar-refractivity contribution in [3.05, 3.63) is 35.4 Å². The third-order valence-electron chi connectivity index (χ3n) is 4.00. The van der Waals surface area contributed by atoms with Gasteiger partial charge in [-0.2, -0.15) is 0 Å². The molecule has 0 radical (unpaired) electrons. The minimum atomic E-state index is -3.15. The van der Waals surface area contributed by atoms with E-state index in [0.29, 0.717) is 19.0 Å². The van der Waals surface area contributed by atoms with E-state index in [1.54, 1.807) is 20.9 Å². The second kappa shape index (κ2) is 6.43. The second-order valence-corrected chi connectivity index (χ2v) is 8.88. The number of aliphatic imine (C=N–C) groups is 1. The first-order valence-corrected chi connectivity index (χ1v) is 8.93. The molecule has 0 bridgehead atoms. The fourth-order valence-corrected chi connectivity index (χ4v) is 3.88. The molecule has 23 heavy (non-hydrogen) atoms. The minimum absolute atomic E-state index is 0.0367. The largest absolute Gasteiger partial charge is 0.352 e. The Hall–Kier alpha value is -1.70. The van der Waals surface area contributed by atoms with Crippen LogP contribution >= 0.6 is 0 Å². The molecule has 0 amide bonds. The summed E-state index contributed by atoms with van der Waals surface area (Å²) in [5, 5.41) is 2.96. The van der Waals surface area contributed by atoms with Crippen molar-refractivity contribution in [1.82, 2.24) is 10.2 Å².